The Kier molecular flexibility index (Phi) is 2.68. The molecule has 11 heavy (non-hydrogen) atoms. The van der Waals surface area contributed by atoms with Gasteiger partial charge >= 0.3 is 0 Å². The van der Waals surface area contributed by atoms with Gasteiger partial charge in [0.15, 0.2) is 0 Å². The van der Waals surface area contributed by atoms with E-state index in [4.69, 9.17) is 17.4 Å². The molecule has 3 N–H and O–H groups in total. The van der Waals surface area contributed by atoms with Crippen molar-refractivity contribution < 1.29 is 0 Å². The van der Waals surface area contributed by atoms with Crippen LogP contribution in [-0.2, 0) is 6.42 Å². The van der Waals surface area contributed by atoms with Crippen molar-refractivity contribution >= 4 is 17.4 Å². The van der Waals surface area contributed by atoms with E-state index in [0.29, 0.717) is 10.8 Å². The van der Waals surface area contributed by atoms with Gasteiger partial charge in [-0.2, -0.15) is 0 Å². The zero-order valence-corrected chi connectivity index (χ0v) is 7.02. The summed E-state index contributed by atoms with van der Waals surface area (Å²) in [6, 6.07) is 3.52. The average Bonchev–Trinajstić information content (AvgIpc) is 2.05. The molecular weight excluding hydrogens is 162 g/mol. The summed E-state index contributed by atoms with van der Waals surface area (Å²) >= 11 is 5.82. The average molecular weight is 172 g/mol. The van der Waals surface area contributed by atoms with Gasteiger partial charge in [-0.05, 0) is 18.6 Å². The van der Waals surface area contributed by atoms with Crippen LogP contribution in [0.4, 0.5) is 5.82 Å². The van der Waals surface area contributed by atoms with Gasteiger partial charge in [-0.3, -0.25) is 0 Å². The van der Waals surface area contributed by atoms with Crippen molar-refractivity contribution in [3.05, 3.63) is 22.8 Å². The van der Waals surface area contributed by atoms with E-state index in [9.17, 15) is 0 Å². The second kappa shape index (κ2) is 3.55. The van der Waals surface area contributed by atoms with Crippen molar-refractivity contribution in [1.82, 2.24) is 4.98 Å². The Morgan fingerprint density at radius 1 is 1.64 bits per heavy atom. The molecule has 0 atom stereocenters. The molecule has 0 unspecified atom stereocenters. The van der Waals surface area contributed by atoms with Crippen molar-refractivity contribution in [3.63, 3.8) is 0 Å². The molecule has 1 rings (SSSR count). The van der Waals surface area contributed by atoms with E-state index in [0.717, 1.165) is 12.1 Å². The number of nitrogens with zero attached hydrogens (tertiary/aromatic N) is 1. The second-order valence-corrected chi connectivity index (χ2v) is 2.53. The molecule has 0 amide bonds. The van der Waals surface area contributed by atoms with E-state index in [-0.39, 0.29) is 0 Å². The number of anilines is 1. The highest BCUT2D eigenvalue weighted by molar-refractivity contribution is 6.31. The molecule has 0 aliphatic heterocycles. The highest BCUT2D eigenvalue weighted by Gasteiger charge is 1.99. The molecule has 1 heterocycles. The molecular formula is C7H10ClN3. The summed E-state index contributed by atoms with van der Waals surface area (Å²) < 4.78 is 0. The highest BCUT2D eigenvalue weighted by atomic mass is 35.5. The first-order valence-electron chi connectivity index (χ1n) is 3.40. The smallest absolute Gasteiger partial charge is 0.140 e. The number of hydrogen-bond donors (Lipinski definition) is 2. The molecule has 60 valence electrons. The van der Waals surface area contributed by atoms with Crippen molar-refractivity contribution in [2.45, 2.75) is 13.3 Å². The molecule has 0 aliphatic carbocycles. The number of nitrogens with two attached hydrogens (primary N) is 1. The van der Waals surface area contributed by atoms with Gasteiger partial charge in [0.25, 0.3) is 0 Å². The van der Waals surface area contributed by atoms with E-state index in [1.54, 1.807) is 12.1 Å². The molecule has 0 spiro atoms. The van der Waals surface area contributed by atoms with Gasteiger partial charge in [0.1, 0.15) is 5.82 Å². The quantitative estimate of drug-likeness (QED) is 0.525. The molecule has 1 aromatic heterocycles. The van der Waals surface area contributed by atoms with Crippen molar-refractivity contribution in [2.75, 3.05) is 5.43 Å². The van der Waals surface area contributed by atoms with Crippen LogP contribution >= 0.6 is 11.6 Å². The molecule has 3 nitrogen and oxygen atoms in total. The minimum Gasteiger partial charge on any atom is -0.308 e. The first-order chi connectivity index (χ1) is 5.27. The molecule has 0 radical (unpaired) electrons. The third-order valence-electron chi connectivity index (χ3n) is 1.40. The first-order valence-corrected chi connectivity index (χ1v) is 3.77. The van der Waals surface area contributed by atoms with Crippen molar-refractivity contribution in [3.8, 4) is 0 Å². The molecule has 0 aromatic carbocycles. The van der Waals surface area contributed by atoms with E-state index in [2.05, 4.69) is 10.4 Å². The van der Waals surface area contributed by atoms with E-state index < -0.39 is 0 Å². The van der Waals surface area contributed by atoms with Crippen LogP contribution in [0.2, 0.25) is 5.02 Å². The minimum atomic E-state index is 0.645. The number of pyridine rings is 1. The maximum Gasteiger partial charge on any atom is 0.140 e. The number of aryl methyl sites for hydroxylation is 1. The van der Waals surface area contributed by atoms with Crippen LogP contribution in [0.25, 0.3) is 0 Å². The van der Waals surface area contributed by atoms with Crippen LogP contribution in [0.5, 0.6) is 0 Å². The van der Waals surface area contributed by atoms with Gasteiger partial charge in [0, 0.05) is 0 Å². The Morgan fingerprint density at radius 2 is 2.36 bits per heavy atom. The molecule has 0 bridgehead atoms. The van der Waals surface area contributed by atoms with E-state index >= 15 is 0 Å². The monoisotopic (exact) mass is 171 g/mol. The van der Waals surface area contributed by atoms with Crippen LogP contribution < -0.4 is 11.3 Å². The highest BCUT2D eigenvalue weighted by Crippen LogP contribution is 2.15. The fourth-order valence-corrected chi connectivity index (χ4v) is 1.05. The molecule has 4 heteroatoms. The summed E-state index contributed by atoms with van der Waals surface area (Å²) in [6.45, 7) is 1.99. The lowest BCUT2D eigenvalue weighted by Gasteiger charge is -2.02. The first kappa shape index (κ1) is 8.30. The van der Waals surface area contributed by atoms with Crippen LogP contribution in [-0.4, -0.2) is 4.98 Å². The summed E-state index contributed by atoms with van der Waals surface area (Å²) in [5.74, 6) is 5.81. The maximum absolute atomic E-state index is 5.82. The summed E-state index contributed by atoms with van der Waals surface area (Å²) in [6.07, 6.45) is 0.814. The Labute approximate surface area is 70.5 Å². The Hall–Kier alpha value is -0.800. The number of hydrazine groups is 1. The summed E-state index contributed by atoms with van der Waals surface area (Å²) in [4.78, 5) is 4.14. The van der Waals surface area contributed by atoms with Crippen molar-refractivity contribution in [1.29, 1.82) is 0 Å². The fourth-order valence-electron chi connectivity index (χ4n) is 0.813. The lowest BCUT2D eigenvalue weighted by Crippen LogP contribution is -2.09. The zero-order valence-electron chi connectivity index (χ0n) is 6.26. The van der Waals surface area contributed by atoms with E-state index in [1.807, 2.05) is 6.92 Å². The van der Waals surface area contributed by atoms with Crippen LogP contribution in [0.15, 0.2) is 12.1 Å². The van der Waals surface area contributed by atoms with Gasteiger partial charge in [-0.1, -0.05) is 18.5 Å². The van der Waals surface area contributed by atoms with Gasteiger partial charge in [-0.15, -0.1) is 0 Å². The third-order valence-corrected chi connectivity index (χ3v) is 1.75. The van der Waals surface area contributed by atoms with Gasteiger partial charge in [0.05, 0.1) is 10.7 Å². The summed E-state index contributed by atoms with van der Waals surface area (Å²) in [5, 5.41) is 0.687. The normalized spacial score (nSPS) is 9.73. The maximum atomic E-state index is 5.82. The van der Waals surface area contributed by atoms with Crippen LogP contribution in [0.1, 0.15) is 12.6 Å². The number of halogens is 1. The molecule has 0 fully saturated rings. The number of nitrogens with one attached hydrogen (secondary N) is 1. The summed E-state index contributed by atoms with van der Waals surface area (Å²) in [7, 11) is 0. The lowest BCUT2D eigenvalue weighted by atomic mass is 10.3. The molecule has 1 aromatic rings. The number of hydrogen-bond acceptors (Lipinski definition) is 3. The predicted octanol–water partition coefficient (Wildman–Crippen LogP) is 1.58. The second-order valence-electron chi connectivity index (χ2n) is 2.12. The summed E-state index contributed by atoms with van der Waals surface area (Å²) in [5.41, 5.74) is 3.32. The SMILES string of the molecule is CCc1nc(NN)ccc1Cl. The van der Waals surface area contributed by atoms with Crippen LogP contribution in [0, 0.1) is 0 Å². The molecule has 0 saturated heterocycles. The van der Waals surface area contributed by atoms with Gasteiger partial charge < -0.3 is 5.43 Å². The standard InChI is InChI=1S/C7H10ClN3/c1-2-6-5(8)3-4-7(10-6)11-9/h3-4H,2,9H2,1H3,(H,10,11). The fraction of sp³-hybridized carbons (Fsp3) is 0.286. The Balaban J connectivity index is 3.02. The minimum absolute atomic E-state index is 0.645. The molecule has 0 saturated carbocycles. The lowest BCUT2D eigenvalue weighted by molar-refractivity contribution is 1.03. The largest absolute Gasteiger partial charge is 0.308 e. The van der Waals surface area contributed by atoms with E-state index in [1.165, 1.54) is 0 Å². The zero-order chi connectivity index (χ0) is 8.27. The van der Waals surface area contributed by atoms with Crippen LogP contribution in [0.3, 0.4) is 0 Å². The van der Waals surface area contributed by atoms with Gasteiger partial charge in [-0.25, -0.2) is 10.8 Å². The Morgan fingerprint density at radius 3 is 2.91 bits per heavy atom. The Bertz CT molecular complexity index is 249. The number of nitrogen functional groups attached to an aromatic ring is 1. The number of aromatic nitrogens is 1. The topological polar surface area (TPSA) is 50.9 Å². The molecule has 0 aliphatic rings. The predicted molar refractivity (Wildman–Crippen MR) is 46.4 cm³/mol. The van der Waals surface area contributed by atoms with Gasteiger partial charge in [0.2, 0.25) is 0 Å². The van der Waals surface area contributed by atoms with Crippen molar-refractivity contribution in [2.24, 2.45) is 5.84 Å². The number of rotatable bonds is 2. The third kappa shape index (κ3) is 1.82.